The SMILES string of the molecule is CCOC(=O)C(CCC=O)c1ccc(-c2ccc(C)cc2)s1. The number of rotatable bonds is 7. The maximum Gasteiger partial charge on any atom is 0.314 e. The van der Waals surface area contributed by atoms with Gasteiger partial charge in [0, 0.05) is 16.2 Å². The summed E-state index contributed by atoms with van der Waals surface area (Å²) in [4.78, 5) is 24.8. The highest BCUT2D eigenvalue weighted by molar-refractivity contribution is 7.15. The number of aryl methyl sites for hydroxylation is 1. The molecule has 22 heavy (non-hydrogen) atoms. The molecule has 0 bridgehead atoms. The minimum Gasteiger partial charge on any atom is -0.465 e. The van der Waals surface area contributed by atoms with Crippen LogP contribution in [0.4, 0.5) is 0 Å². The summed E-state index contributed by atoms with van der Waals surface area (Å²) in [5, 5.41) is 0. The number of benzene rings is 1. The Kier molecular flexibility index (Phi) is 5.90. The fourth-order valence-corrected chi connectivity index (χ4v) is 3.40. The first-order valence-electron chi connectivity index (χ1n) is 7.42. The molecule has 2 aromatic rings. The van der Waals surface area contributed by atoms with E-state index in [9.17, 15) is 9.59 Å². The molecular weight excluding hydrogens is 296 g/mol. The van der Waals surface area contributed by atoms with Crippen molar-refractivity contribution in [3.63, 3.8) is 0 Å². The molecule has 0 amide bonds. The normalized spacial score (nSPS) is 11.9. The van der Waals surface area contributed by atoms with Crippen LogP contribution in [0.2, 0.25) is 0 Å². The van der Waals surface area contributed by atoms with Crippen LogP contribution >= 0.6 is 11.3 Å². The minimum absolute atomic E-state index is 0.248. The highest BCUT2D eigenvalue weighted by atomic mass is 32.1. The summed E-state index contributed by atoms with van der Waals surface area (Å²) in [5.41, 5.74) is 2.36. The van der Waals surface area contributed by atoms with Crippen LogP contribution in [-0.2, 0) is 14.3 Å². The lowest BCUT2D eigenvalue weighted by Gasteiger charge is -2.12. The molecule has 1 unspecified atom stereocenters. The van der Waals surface area contributed by atoms with E-state index in [1.165, 1.54) is 5.56 Å². The van der Waals surface area contributed by atoms with Crippen molar-refractivity contribution >= 4 is 23.6 Å². The first kappa shape index (κ1) is 16.4. The molecule has 0 aliphatic rings. The fraction of sp³-hybridized carbons (Fsp3) is 0.333. The van der Waals surface area contributed by atoms with Gasteiger partial charge in [-0.2, -0.15) is 0 Å². The van der Waals surface area contributed by atoms with Gasteiger partial charge in [0.15, 0.2) is 0 Å². The monoisotopic (exact) mass is 316 g/mol. The number of ether oxygens (including phenoxy) is 1. The average molecular weight is 316 g/mol. The summed E-state index contributed by atoms with van der Waals surface area (Å²) in [5.74, 6) is -0.601. The zero-order chi connectivity index (χ0) is 15.9. The Morgan fingerprint density at radius 1 is 1.23 bits per heavy atom. The van der Waals surface area contributed by atoms with Gasteiger partial charge in [-0.25, -0.2) is 0 Å². The Hall–Kier alpha value is -1.94. The second-order valence-electron chi connectivity index (χ2n) is 5.12. The molecule has 1 aromatic carbocycles. The van der Waals surface area contributed by atoms with Crippen LogP contribution in [0.5, 0.6) is 0 Å². The van der Waals surface area contributed by atoms with E-state index in [0.717, 1.165) is 21.6 Å². The lowest BCUT2D eigenvalue weighted by atomic mass is 10.0. The summed E-state index contributed by atoms with van der Waals surface area (Å²) in [6.07, 6.45) is 1.71. The highest BCUT2D eigenvalue weighted by Crippen LogP contribution is 2.34. The number of hydrogen-bond donors (Lipinski definition) is 0. The van der Waals surface area contributed by atoms with Crippen molar-refractivity contribution < 1.29 is 14.3 Å². The van der Waals surface area contributed by atoms with Gasteiger partial charge in [-0.05, 0) is 38.0 Å². The van der Waals surface area contributed by atoms with E-state index in [-0.39, 0.29) is 11.9 Å². The third kappa shape index (κ3) is 4.04. The van der Waals surface area contributed by atoms with Crippen molar-refractivity contribution in [3.8, 4) is 10.4 Å². The fourth-order valence-electron chi connectivity index (χ4n) is 2.27. The van der Waals surface area contributed by atoms with E-state index in [0.29, 0.717) is 19.4 Å². The molecule has 1 heterocycles. The van der Waals surface area contributed by atoms with E-state index in [1.54, 1.807) is 18.3 Å². The summed E-state index contributed by atoms with van der Waals surface area (Å²) < 4.78 is 5.14. The maximum atomic E-state index is 12.1. The van der Waals surface area contributed by atoms with Crippen LogP contribution in [0.15, 0.2) is 36.4 Å². The Bertz CT molecular complexity index is 628. The predicted molar refractivity (Wildman–Crippen MR) is 89.2 cm³/mol. The standard InChI is InChI=1S/C18H20O3S/c1-3-21-18(20)15(5-4-12-19)17-11-10-16(22-17)14-8-6-13(2)7-9-14/h6-12,15H,3-5H2,1-2H3. The van der Waals surface area contributed by atoms with Gasteiger partial charge in [-0.1, -0.05) is 29.8 Å². The number of thiophene rings is 1. The van der Waals surface area contributed by atoms with Crippen molar-refractivity contribution in [2.45, 2.75) is 32.6 Å². The van der Waals surface area contributed by atoms with Crippen LogP contribution < -0.4 is 0 Å². The Balaban J connectivity index is 2.23. The van der Waals surface area contributed by atoms with Crippen molar-refractivity contribution in [3.05, 3.63) is 46.8 Å². The number of hydrogen-bond acceptors (Lipinski definition) is 4. The van der Waals surface area contributed by atoms with E-state index >= 15 is 0 Å². The molecule has 0 fully saturated rings. The molecule has 2 rings (SSSR count). The van der Waals surface area contributed by atoms with E-state index in [2.05, 4.69) is 31.2 Å². The summed E-state index contributed by atoms with van der Waals surface area (Å²) in [7, 11) is 0. The molecule has 0 saturated heterocycles. The molecule has 0 saturated carbocycles. The van der Waals surface area contributed by atoms with E-state index < -0.39 is 0 Å². The molecule has 0 radical (unpaired) electrons. The largest absolute Gasteiger partial charge is 0.465 e. The van der Waals surface area contributed by atoms with Crippen LogP contribution in [0.3, 0.4) is 0 Å². The molecule has 116 valence electrons. The average Bonchev–Trinajstić information content (AvgIpc) is 2.98. The number of carbonyl (C=O) groups is 2. The zero-order valence-corrected chi connectivity index (χ0v) is 13.7. The van der Waals surface area contributed by atoms with Crippen molar-refractivity contribution in [1.29, 1.82) is 0 Å². The van der Waals surface area contributed by atoms with Gasteiger partial charge in [0.2, 0.25) is 0 Å². The van der Waals surface area contributed by atoms with Gasteiger partial charge in [-0.3, -0.25) is 4.79 Å². The van der Waals surface area contributed by atoms with Crippen molar-refractivity contribution in [2.24, 2.45) is 0 Å². The number of carbonyl (C=O) groups excluding carboxylic acids is 2. The van der Waals surface area contributed by atoms with Crippen LogP contribution in [0, 0.1) is 6.92 Å². The van der Waals surface area contributed by atoms with Gasteiger partial charge in [-0.15, -0.1) is 11.3 Å². The third-order valence-corrected chi connectivity index (χ3v) is 4.70. The molecule has 0 aliphatic heterocycles. The summed E-state index contributed by atoms with van der Waals surface area (Å²) in [6, 6.07) is 12.3. The van der Waals surface area contributed by atoms with E-state index in [4.69, 9.17) is 4.74 Å². The Morgan fingerprint density at radius 2 is 1.95 bits per heavy atom. The van der Waals surface area contributed by atoms with Gasteiger partial charge < -0.3 is 9.53 Å². The van der Waals surface area contributed by atoms with Gasteiger partial charge in [0.25, 0.3) is 0 Å². The topological polar surface area (TPSA) is 43.4 Å². The number of aldehydes is 1. The smallest absolute Gasteiger partial charge is 0.314 e. The van der Waals surface area contributed by atoms with Gasteiger partial charge in [0.1, 0.15) is 6.29 Å². The molecule has 3 nitrogen and oxygen atoms in total. The van der Waals surface area contributed by atoms with E-state index in [1.807, 2.05) is 12.1 Å². The molecule has 0 aliphatic carbocycles. The quantitative estimate of drug-likeness (QED) is 0.563. The van der Waals surface area contributed by atoms with Crippen molar-refractivity contribution in [2.75, 3.05) is 6.61 Å². The second-order valence-corrected chi connectivity index (χ2v) is 6.23. The Labute approximate surface area is 134 Å². The number of esters is 1. The lowest BCUT2D eigenvalue weighted by Crippen LogP contribution is -2.15. The molecule has 0 N–H and O–H groups in total. The first-order valence-corrected chi connectivity index (χ1v) is 8.24. The van der Waals surface area contributed by atoms with Crippen LogP contribution in [-0.4, -0.2) is 18.9 Å². The van der Waals surface area contributed by atoms with Crippen LogP contribution in [0.25, 0.3) is 10.4 Å². The predicted octanol–water partition coefficient (Wildman–Crippen LogP) is 4.35. The van der Waals surface area contributed by atoms with Gasteiger partial charge >= 0.3 is 5.97 Å². The zero-order valence-electron chi connectivity index (χ0n) is 12.9. The van der Waals surface area contributed by atoms with Gasteiger partial charge in [0.05, 0.1) is 12.5 Å². The molecule has 1 aromatic heterocycles. The molecule has 0 spiro atoms. The third-order valence-electron chi connectivity index (χ3n) is 3.45. The molecule has 1 atom stereocenters. The van der Waals surface area contributed by atoms with Crippen LogP contribution in [0.1, 0.15) is 36.1 Å². The van der Waals surface area contributed by atoms with Crippen molar-refractivity contribution in [1.82, 2.24) is 0 Å². The minimum atomic E-state index is -0.352. The maximum absolute atomic E-state index is 12.1. The highest BCUT2D eigenvalue weighted by Gasteiger charge is 2.23. The Morgan fingerprint density at radius 3 is 2.59 bits per heavy atom. The summed E-state index contributed by atoms with van der Waals surface area (Å²) in [6.45, 7) is 4.20. The molecule has 4 heteroatoms. The lowest BCUT2D eigenvalue weighted by molar-refractivity contribution is -0.145. The molecular formula is C18H20O3S. The summed E-state index contributed by atoms with van der Waals surface area (Å²) >= 11 is 1.59. The second kappa shape index (κ2) is 7.90. The first-order chi connectivity index (χ1) is 10.7.